The molecule has 0 amide bonds. The molecule has 0 bridgehead atoms. The van der Waals surface area contributed by atoms with E-state index in [1.807, 2.05) is 18.2 Å². The smallest absolute Gasteiger partial charge is 0.0979 e. The molecule has 0 spiro atoms. The van der Waals surface area contributed by atoms with E-state index >= 15 is 0 Å². The zero-order valence-corrected chi connectivity index (χ0v) is 11.7. The minimum atomic E-state index is 0.815. The molecule has 0 atom stereocenters. The molecule has 1 radical (unpaired) electrons. The first-order chi connectivity index (χ1) is 10.9. The number of benzene rings is 4. The third-order valence-corrected chi connectivity index (χ3v) is 4.15. The highest BCUT2D eigenvalue weighted by Crippen LogP contribution is 2.33. The number of rotatable bonds is 0. The zero-order chi connectivity index (χ0) is 14.5. The van der Waals surface area contributed by atoms with Gasteiger partial charge in [0.1, 0.15) is 0 Å². The van der Waals surface area contributed by atoms with Crippen molar-refractivity contribution >= 4 is 43.6 Å². The van der Waals surface area contributed by atoms with Crippen LogP contribution in [0.3, 0.4) is 0 Å². The van der Waals surface area contributed by atoms with Gasteiger partial charge in [-0.15, -0.1) is 0 Å². The van der Waals surface area contributed by atoms with Gasteiger partial charge in [0.2, 0.25) is 0 Å². The Hall–Kier alpha value is -3.00. The summed E-state index contributed by atoms with van der Waals surface area (Å²) in [6.45, 7) is 0. The number of aromatic nitrogens is 2. The Balaban J connectivity index is 2.17. The molecule has 4 aromatic carbocycles. The second-order valence-corrected chi connectivity index (χ2v) is 5.42. The third kappa shape index (κ3) is 1.49. The predicted molar refractivity (Wildman–Crippen MR) is 90.9 cm³/mol. The molecule has 0 saturated heterocycles. The molecular weight excluding hydrogens is 268 g/mol. The summed E-state index contributed by atoms with van der Waals surface area (Å²) in [5.74, 6) is 0. The van der Waals surface area contributed by atoms with Crippen LogP contribution in [0.1, 0.15) is 0 Å². The molecule has 0 saturated carbocycles. The molecule has 0 fully saturated rings. The lowest BCUT2D eigenvalue weighted by Crippen LogP contribution is -1.91. The highest BCUT2D eigenvalue weighted by molar-refractivity contribution is 6.23. The van der Waals surface area contributed by atoms with E-state index in [1.54, 1.807) is 0 Å². The number of nitrogens with zero attached hydrogens (tertiary/aromatic N) is 2. The summed E-state index contributed by atoms with van der Waals surface area (Å²) in [6.07, 6.45) is 0. The van der Waals surface area contributed by atoms with Crippen LogP contribution in [0.5, 0.6) is 0 Å². The standard InChI is InChI=1S/C20H11N2/c1-3-9-15-13(7-1)14-8-2-4-10-16(14)20-19(15)21-17-11-5-6-12-18(17)22-20/h1-11H. The molecule has 2 heteroatoms. The average molecular weight is 279 g/mol. The monoisotopic (exact) mass is 279 g/mol. The van der Waals surface area contributed by atoms with E-state index in [2.05, 4.69) is 54.6 Å². The van der Waals surface area contributed by atoms with Crippen molar-refractivity contribution in [2.45, 2.75) is 0 Å². The molecule has 0 aliphatic carbocycles. The Kier molecular flexibility index (Phi) is 2.25. The summed E-state index contributed by atoms with van der Waals surface area (Å²) in [5.41, 5.74) is 3.61. The summed E-state index contributed by atoms with van der Waals surface area (Å²) in [5, 5.41) is 4.73. The summed E-state index contributed by atoms with van der Waals surface area (Å²) in [4.78, 5) is 9.70. The lowest BCUT2D eigenvalue weighted by Gasteiger charge is -2.09. The van der Waals surface area contributed by atoms with Gasteiger partial charge in [-0.1, -0.05) is 60.7 Å². The topological polar surface area (TPSA) is 25.8 Å². The zero-order valence-electron chi connectivity index (χ0n) is 11.7. The molecule has 0 aliphatic heterocycles. The number of hydrogen-bond acceptors (Lipinski definition) is 2. The van der Waals surface area contributed by atoms with Gasteiger partial charge in [0.25, 0.3) is 0 Å². The van der Waals surface area contributed by atoms with Crippen molar-refractivity contribution in [3.8, 4) is 0 Å². The lowest BCUT2D eigenvalue weighted by molar-refractivity contribution is 1.41. The average Bonchev–Trinajstić information content (AvgIpc) is 2.61. The van der Waals surface area contributed by atoms with Gasteiger partial charge in [0.05, 0.1) is 22.1 Å². The number of hydrogen-bond donors (Lipinski definition) is 0. The quantitative estimate of drug-likeness (QED) is 0.298. The maximum Gasteiger partial charge on any atom is 0.0979 e. The molecule has 22 heavy (non-hydrogen) atoms. The van der Waals surface area contributed by atoms with Gasteiger partial charge in [0.15, 0.2) is 0 Å². The normalized spacial score (nSPS) is 11.6. The van der Waals surface area contributed by atoms with Crippen molar-refractivity contribution in [3.05, 3.63) is 72.8 Å². The van der Waals surface area contributed by atoms with E-state index in [0.29, 0.717) is 0 Å². The van der Waals surface area contributed by atoms with Gasteiger partial charge in [0, 0.05) is 16.8 Å². The van der Waals surface area contributed by atoms with Crippen molar-refractivity contribution in [2.24, 2.45) is 0 Å². The molecule has 2 nitrogen and oxygen atoms in total. The minimum absolute atomic E-state index is 0.815. The predicted octanol–water partition coefficient (Wildman–Crippen LogP) is 4.89. The van der Waals surface area contributed by atoms with Gasteiger partial charge >= 0.3 is 0 Å². The Labute approximate surface area is 127 Å². The summed E-state index contributed by atoms with van der Waals surface area (Å²) in [6, 6.07) is 25.8. The van der Waals surface area contributed by atoms with E-state index in [4.69, 9.17) is 9.97 Å². The molecule has 1 heterocycles. The van der Waals surface area contributed by atoms with Crippen LogP contribution in [0, 0.1) is 6.07 Å². The van der Waals surface area contributed by atoms with Gasteiger partial charge in [-0.25, -0.2) is 9.97 Å². The Morgan fingerprint density at radius 1 is 0.591 bits per heavy atom. The fourth-order valence-corrected chi connectivity index (χ4v) is 3.16. The van der Waals surface area contributed by atoms with Crippen LogP contribution in [0.15, 0.2) is 66.7 Å². The van der Waals surface area contributed by atoms with Crippen LogP contribution < -0.4 is 0 Å². The lowest BCUT2D eigenvalue weighted by atomic mass is 9.99. The summed E-state index contributed by atoms with van der Waals surface area (Å²) in [7, 11) is 0. The summed E-state index contributed by atoms with van der Waals surface area (Å²) >= 11 is 0. The SMILES string of the molecule is [c]1cccc2nc3c4ccccc4c4ccccc4c3nc12. The van der Waals surface area contributed by atoms with Crippen molar-refractivity contribution in [1.29, 1.82) is 0 Å². The molecule has 0 N–H and O–H groups in total. The molecule has 5 rings (SSSR count). The fraction of sp³-hybridized carbons (Fsp3) is 0. The second kappa shape index (κ2) is 4.25. The van der Waals surface area contributed by atoms with E-state index < -0.39 is 0 Å². The third-order valence-electron chi connectivity index (χ3n) is 4.15. The van der Waals surface area contributed by atoms with Crippen molar-refractivity contribution in [2.75, 3.05) is 0 Å². The first kappa shape index (κ1) is 11.6. The Morgan fingerprint density at radius 3 is 1.86 bits per heavy atom. The van der Waals surface area contributed by atoms with Crippen LogP contribution in [-0.4, -0.2) is 9.97 Å². The summed E-state index contributed by atoms with van der Waals surface area (Å²) < 4.78 is 0. The van der Waals surface area contributed by atoms with E-state index in [0.717, 1.165) is 32.8 Å². The van der Waals surface area contributed by atoms with Gasteiger partial charge in [-0.2, -0.15) is 0 Å². The van der Waals surface area contributed by atoms with Crippen LogP contribution in [0.25, 0.3) is 43.6 Å². The maximum absolute atomic E-state index is 4.86. The number of para-hydroxylation sites is 1. The van der Waals surface area contributed by atoms with Gasteiger partial charge in [-0.3, -0.25) is 0 Å². The first-order valence-corrected chi connectivity index (χ1v) is 7.29. The first-order valence-electron chi connectivity index (χ1n) is 7.29. The Bertz CT molecular complexity index is 1080. The van der Waals surface area contributed by atoms with Gasteiger partial charge in [-0.05, 0) is 16.8 Å². The molecule has 101 valence electrons. The van der Waals surface area contributed by atoms with Crippen LogP contribution in [-0.2, 0) is 0 Å². The van der Waals surface area contributed by atoms with E-state index in [9.17, 15) is 0 Å². The number of fused-ring (bicyclic) bond motifs is 7. The highest BCUT2D eigenvalue weighted by Gasteiger charge is 2.11. The van der Waals surface area contributed by atoms with Crippen LogP contribution in [0.4, 0.5) is 0 Å². The molecule has 5 aromatic rings. The highest BCUT2D eigenvalue weighted by atomic mass is 14.8. The van der Waals surface area contributed by atoms with Crippen LogP contribution >= 0.6 is 0 Å². The molecule has 0 aliphatic rings. The van der Waals surface area contributed by atoms with E-state index in [-0.39, 0.29) is 0 Å². The Morgan fingerprint density at radius 2 is 1.18 bits per heavy atom. The maximum atomic E-state index is 4.86. The second-order valence-electron chi connectivity index (χ2n) is 5.42. The largest absolute Gasteiger partial charge is 0.244 e. The van der Waals surface area contributed by atoms with Crippen molar-refractivity contribution < 1.29 is 0 Å². The van der Waals surface area contributed by atoms with Crippen LogP contribution in [0.2, 0.25) is 0 Å². The molecule has 0 unspecified atom stereocenters. The van der Waals surface area contributed by atoms with E-state index in [1.165, 1.54) is 10.8 Å². The van der Waals surface area contributed by atoms with Crippen molar-refractivity contribution in [3.63, 3.8) is 0 Å². The molecule has 1 aromatic heterocycles. The fourth-order valence-electron chi connectivity index (χ4n) is 3.16. The van der Waals surface area contributed by atoms with Crippen molar-refractivity contribution in [1.82, 2.24) is 9.97 Å². The van der Waals surface area contributed by atoms with Gasteiger partial charge < -0.3 is 0 Å². The minimum Gasteiger partial charge on any atom is -0.244 e. The molecular formula is C20H11N2.